The van der Waals surface area contributed by atoms with Gasteiger partial charge < -0.3 is 5.32 Å². The number of aromatic nitrogens is 3. The molecule has 2 aromatic carbocycles. The average molecular weight is 252 g/mol. The Balaban J connectivity index is 1.74. The van der Waals surface area contributed by atoms with Crippen molar-refractivity contribution in [3.05, 3.63) is 60.2 Å². The summed E-state index contributed by atoms with van der Waals surface area (Å²) in [6, 6.07) is 14.8. The van der Waals surface area contributed by atoms with E-state index in [1.54, 1.807) is 11.0 Å². The molecule has 1 N–H and O–H groups in total. The van der Waals surface area contributed by atoms with E-state index in [2.05, 4.69) is 57.9 Å². The maximum absolute atomic E-state index is 4.20. The fourth-order valence-corrected chi connectivity index (χ4v) is 2.24. The van der Waals surface area contributed by atoms with Gasteiger partial charge in [-0.2, -0.15) is 5.10 Å². The summed E-state index contributed by atoms with van der Waals surface area (Å²) in [6.07, 6.45) is 1.58. The van der Waals surface area contributed by atoms with Crippen LogP contribution in [-0.4, -0.2) is 14.8 Å². The van der Waals surface area contributed by atoms with Gasteiger partial charge in [0.05, 0.1) is 6.54 Å². The minimum atomic E-state index is 0.722. The molecule has 3 rings (SSSR count). The van der Waals surface area contributed by atoms with Crippen molar-refractivity contribution in [2.75, 3.05) is 0 Å². The first-order valence-corrected chi connectivity index (χ1v) is 6.35. The van der Waals surface area contributed by atoms with Crippen molar-refractivity contribution in [2.45, 2.75) is 13.1 Å². The van der Waals surface area contributed by atoms with Crippen molar-refractivity contribution < 1.29 is 0 Å². The number of fused-ring (bicyclic) bond motifs is 1. The molecule has 3 aromatic rings. The zero-order valence-electron chi connectivity index (χ0n) is 10.9. The van der Waals surface area contributed by atoms with E-state index < -0.39 is 0 Å². The van der Waals surface area contributed by atoms with Crippen LogP contribution in [0.25, 0.3) is 10.8 Å². The Hall–Kier alpha value is -2.20. The third kappa shape index (κ3) is 2.48. The first-order valence-electron chi connectivity index (χ1n) is 6.35. The van der Waals surface area contributed by atoms with Crippen molar-refractivity contribution in [1.82, 2.24) is 20.1 Å². The number of rotatable bonds is 4. The van der Waals surface area contributed by atoms with Gasteiger partial charge in [0.2, 0.25) is 0 Å². The molecule has 4 heteroatoms. The number of benzene rings is 2. The van der Waals surface area contributed by atoms with Gasteiger partial charge in [-0.3, -0.25) is 4.68 Å². The maximum atomic E-state index is 4.20. The van der Waals surface area contributed by atoms with Crippen molar-refractivity contribution in [2.24, 2.45) is 7.05 Å². The topological polar surface area (TPSA) is 42.7 Å². The highest BCUT2D eigenvalue weighted by atomic mass is 15.3. The van der Waals surface area contributed by atoms with Crippen LogP contribution in [0.5, 0.6) is 0 Å². The van der Waals surface area contributed by atoms with E-state index in [0.29, 0.717) is 0 Å². The summed E-state index contributed by atoms with van der Waals surface area (Å²) in [4.78, 5) is 4.20. The molecule has 4 nitrogen and oxygen atoms in total. The van der Waals surface area contributed by atoms with E-state index in [1.807, 2.05) is 7.05 Å². The molecule has 0 saturated carbocycles. The van der Waals surface area contributed by atoms with Crippen LogP contribution in [0, 0.1) is 0 Å². The molecule has 1 heterocycles. The van der Waals surface area contributed by atoms with Gasteiger partial charge in [0.15, 0.2) is 0 Å². The molecule has 0 bridgehead atoms. The summed E-state index contributed by atoms with van der Waals surface area (Å²) < 4.78 is 1.79. The molecule has 0 aliphatic carbocycles. The summed E-state index contributed by atoms with van der Waals surface area (Å²) in [5.74, 6) is 0.945. The van der Waals surface area contributed by atoms with Gasteiger partial charge in [0.25, 0.3) is 0 Å². The van der Waals surface area contributed by atoms with Crippen LogP contribution in [0.3, 0.4) is 0 Å². The summed E-state index contributed by atoms with van der Waals surface area (Å²) in [5.41, 5.74) is 1.31. The minimum absolute atomic E-state index is 0.722. The van der Waals surface area contributed by atoms with Gasteiger partial charge in [0.1, 0.15) is 12.2 Å². The molecule has 0 unspecified atom stereocenters. The third-order valence-corrected chi connectivity index (χ3v) is 3.28. The maximum Gasteiger partial charge on any atom is 0.140 e. The SMILES string of the molecule is Cn1ncnc1CNCc1cccc2ccccc12. The fourth-order valence-electron chi connectivity index (χ4n) is 2.24. The molecule has 0 atom stereocenters. The van der Waals surface area contributed by atoms with E-state index in [9.17, 15) is 0 Å². The molecule has 0 fully saturated rings. The van der Waals surface area contributed by atoms with Crippen LogP contribution >= 0.6 is 0 Å². The lowest BCUT2D eigenvalue weighted by molar-refractivity contribution is 0.615. The van der Waals surface area contributed by atoms with Gasteiger partial charge in [-0.1, -0.05) is 42.5 Å². The molecular weight excluding hydrogens is 236 g/mol. The van der Waals surface area contributed by atoms with Gasteiger partial charge in [0, 0.05) is 13.6 Å². The molecule has 0 amide bonds. The van der Waals surface area contributed by atoms with Crippen LogP contribution in [-0.2, 0) is 20.1 Å². The zero-order chi connectivity index (χ0) is 13.1. The van der Waals surface area contributed by atoms with Gasteiger partial charge in [-0.15, -0.1) is 0 Å². The van der Waals surface area contributed by atoms with Crippen LogP contribution in [0.1, 0.15) is 11.4 Å². The normalized spacial score (nSPS) is 11.0. The Morgan fingerprint density at radius 2 is 1.89 bits per heavy atom. The van der Waals surface area contributed by atoms with Gasteiger partial charge in [-0.05, 0) is 16.3 Å². The Labute approximate surface area is 112 Å². The lowest BCUT2D eigenvalue weighted by Gasteiger charge is -2.08. The highest BCUT2D eigenvalue weighted by molar-refractivity contribution is 5.85. The standard InChI is InChI=1S/C15H16N4/c1-19-15(17-11-18-19)10-16-9-13-7-4-6-12-5-2-3-8-14(12)13/h2-8,11,16H,9-10H2,1H3. The zero-order valence-corrected chi connectivity index (χ0v) is 10.9. The highest BCUT2D eigenvalue weighted by Gasteiger charge is 2.02. The Bertz CT molecular complexity index is 682. The lowest BCUT2D eigenvalue weighted by Crippen LogP contribution is -2.16. The molecular formula is C15H16N4. The molecule has 1 aromatic heterocycles. The van der Waals surface area contributed by atoms with Crippen LogP contribution in [0.2, 0.25) is 0 Å². The molecule has 0 aliphatic heterocycles. The van der Waals surface area contributed by atoms with Crippen LogP contribution < -0.4 is 5.32 Å². The second kappa shape index (κ2) is 5.20. The van der Waals surface area contributed by atoms with E-state index in [0.717, 1.165) is 18.9 Å². The second-order valence-corrected chi connectivity index (χ2v) is 4.54. The van der Waals surface area contributed by atoms with E-state index >= 15 is 0 Å². The lowest BCUT2D eigenvalue weighted by atomic mass is 10.0. The molecule has 19 heavy (non-hydrogen) atoms. The first-order chi connectivity index (χ1) is 9.34. The summed E-state index contributed by atoms with van der Waals surface area (Å²) in [7, 11) is 1.90. The molecule has 0 saturated heterocycles. The Morgan fingerprint density at radius 1 is 1.05 bits per heavy atom. The number of hydrogen-bond acceptors (Lipinski definition) is 3. The van der Waals surface area contributed by atoms with Gasteiger partial charge in [-0.25, -0.2) is 4.98 Å². The predicted octanol–water partition coefficient (Wildman–Crippen LogP) is 2.26. The minimum Gasteiger partial charge on any atom is -0.306 e. The van der Waals surface area contributed by atoms with Gasteiger partial charge >= 0.3 is 0 Å². The van der Waals surface area contributed by atoms with Crippen molar-refractivity contribution in [1.29, 1.82) is 0 Å². The third-order valence-electron chi connectivity index (χ3n) is 3.28. The number of hydrogen-bond donors (Lipinski definition) is 1. The Morgan fingerprint density at radius 3 is 2.74 bits per heavy atom. The average Bonchev–Trinajstić information content (AvgIpc) is 2.85. The monoisotopic (exact) mass is 252 g/mol. The van der Waals surface area contributed by atoms with Crippen LogP contribution in [0.15, 0.2) is 48.8 Å². The molecule has 0 spiro atoms. The Kier molecular flexibility index (Phi) is 3.25. The number of nitrogens with zero attached hydrogens (tertiary/aromatic N) is 3. The summed E-state index contributed by atoms with van der Waals surface area (Å²) in [6.45, 7) is 1.55. The van der Waals surface area contributed by atoms with Crippen molar-refractivity contribution in [3.63, 3.8) is 0 Å². The van der Waals surface area contributed by atoms with E-state index in [1.165, 1.54) is 16.3 Å². The number of nitrogens with one attached hydrogen (secondary N) is 1. The largest absolute Gasteiger partial charge is 0.306 e. The first kappa shape index (κ1) is 11.9. The number of aryl methyl sites for hydroxylation is 1. The second-order valence-electron chi connectivity index (χ2n) is 4.54. The van der Waals surface area contributed by atoms with Crippen molar-refractivity contribution in [3.8, 4) is 0 Å². The molecule has 0 radical (unpaired) electrons. The highest BCUT2D eigenvalue weighted by Crippen LogP contribution is 2.18. The molecule has 96 valence electrons. The van der Waals surface area contributed by atoms with E-state index in [4.69, 9.17) is 0 Å². The van der Waals surface area contributed by atoms with Crippen LogP contribution in [0.4, 0.5) is 0 Å². The summed E-state index contributed by atoms with van der Waals surface area (Å²) >= 11 is 0. The predicted molar refractivity (Wildman–Crippen MR) is 75.5 cm³/mol. The van der Waals surface area contributed by atoms with E-state index in [-0.39, 0.29) is 0 Å². The summed E-state index contributed by atoms with van der Waals surface area (Å²) in [5, 5.41) is 10.1. The molecule has 0 aliphatic rings. The smallest absolute Gasteiger partial charge is 0.140 e. The fraction of sp³-hybridized carbons (Fsp3) is 0.200. The quantitative estimate of drug-likeness (QED) is 0.774. The van der Waals surface area contributed by atoms with Crippen molar-refractivity contribution >= 4 is 10.8 Å².